The lowest BCUT2D eigenvalue weighted by Crippen LogP contribution is -2.40. The van der Waals surface area contributed by atoms with Crippen molar-refractivity contribution in [3.05, 3.63) is 23.7 Å². The van der Waals surface area contributed by atoms with Gasteiger partial charge in [0.05, 0.1) is 6.54 Å². The molecule has 1 aromatic rings. The van der Waals surface area contributed by atoms with Gasteiger partial charge < -0.3 is 20.2 Å². The summed E-state index contributed by atoms with van der Waals surface area (Å²) < 4.78 is 5.51. The molecule has 6 heteroatoms. The van der Waals surface area contributed by atoms with Gasteiger partial charge in [-0.05, 0) is 44.7 Å². The van der Waals surface area contributed by atoms with E-state index in [1.54, 1.807) is 13.0 Å². The standard InChI is InChI=1S/C17H31N3O2.HI/c1-7-18-15(19-11-10-16(3,4)5)20-12-17(6,21)14-9-8-13(2)22-14;/h8-9,21H,7,10-12H2,1-6H3,(H2,18,19,20);1H. The highest BCUT2D eigenvalue weighted by Gasteiger charge is 2.26. The molecule has 3 N–H and O–H groups in total. The van der Waals surface area contributed by atoms with E-state index < -0.39 is 5.60 Å². The molecule has 134 valence electrons. The highest BCUT2D eigenvalue weighted by atomic mass is 127. The molecule has 0 spiro atoms. The van der Waals surface area contributed by atoms with Gasteiger partial charge in [-0.2, -0.15) is 0 Å². The van der Waals surface area contributed by atoms with Crippen LogP contribution in [0.2, 0.25) is 0 Å². The molecule has 0 saturated carbocycles. The number of guanidine groups is 1. The Morgan fingerprint density at radius 1 is 1.22 bits per heavy atom. The fourth-order valence-corrected chi connectivity index (χ4v) is 1.93. The third-order valence-electron chi connectivity index (χ3n) is 3.33. The molecule has 0 aromatic carbocycles. The second-order valence-electron chi connectivity index (χ2n) is 7.12. The van der Waals surface area contributed by atoms with E-state index in [9.17, 15) is 5.11 Å². The first-order valence-electron chi connectivity index (χ1n) is 7.95. The second kappa shape index (κ2) is 9.52. The molecule has 0 bridgehead atoms. The zero-order valence-corrected chi connectivity index (χ0v) is 17.5. The van der Waals surface area contributed by atoms with Gasteiger partial charge in [-0.25, -0.2) is 4.99 Å². The number of hydrogen-bond acceptors (Lipinski definition) is 3. The van der Waals surface area contributed by atoms with Crippen LogP contribution in [0.4, 0.5) is 0 Å². The number of hydrogen-bond donors (Lipinski definition) is 3. The predicted octanol–water partition coefficient (Wildman–Crippen LogP) is 3.40. The molecule has 0 aliphatic heterocycles. The maximum atomic E-state index is 10.5. The lowest BCUT2D eigenvalue weighted by atomic mass is 9.92. The minimum absolute atomic E-state index is 0. The Morgan fingerprint density at radius 2 is 1.87 bits per heavy atom. The van der Waals surface area contributed by atoms with Crippen LogP contribution < -0.4 is 10.6 Å². The average molecular weight is 437 g/mol. The Labute approximate surface area is 157 Å². The summed E-state index contributed by atoms with van der Waals surface area (Å²) in [5, 5.41) is 17.0. The lowest BCUT2D eigenvalue weighted by Gasteiger charge is -2.21. The number of aryl methyl sites for hydroxylation is 1. The lowest BCUT2D eigenvalue weighted by molar-refractivity contribution is 0.0428. The van der Waals surface area contributed by atoms with Crippen molar-refractivity contribution in [2.24, 2.45) is 10.4 Å². The summed E-state index contributed by atoms with van der Waals surface area (Å²) in [5.41, 5.74) is -0.831. The van der Waals surface area contributed by atoms with Crippen LogP contribution in [-0.2, 0) is 5.60 Å². The molecule has 0 aliphatic carbocycles. The van der Waals surface area contributed by atoms with Gasteiger partial charge in [-0.1, -0.05) is 20.8 Å². The van der Waals surface area contributed by atoms with E-state index >= 15 is 0 Å². The van der Waals surface area contributed by atoms with Crippen molar-refractivity contribution in [2.45, 2.75) is 53.6 Å². The molecule has 0 fully saturated rings. The van der Waals surface area contributed by atoms with Gasteiger partial charge in [-0.15, -0.1) is 24.0 Å². The zero-order chi connectivity index (χ0) is 16.8. The molecule has 1 unspecified atom stereocenters. The molecule has 1 heterocycles. The maximum Gasteiger partial charge on any atom is 0.191 e. The van der Waals surface area contributed by atoms with Crippen molar-refractivity contribution >= 4 is 29.9 Å². The van der Waals surface area contributed by atoms with E-state index in [2.05, 4.69) is 36.4 Å². The molecular formula is C17H32IN3O2. The van der Waals surface area contributed by atoms with Gasteiger partial charge >= 0.3 is 0 Å². The quantitative estimate of drug-likeness (QED) is 0.363. The highest BCUT2D eigenvalue weighted by Crippen LogP contribution is 2.23. The first-order valence-corrected chi connectivity index (χ1v) is 7.95. The molecular weight excluding hydrogens is 405 g/mol. The van der Waals surface area contributed by atoms with Crippen molar-refractivity contribution < 1.29 is 9.52 Å². The van der Waals surface area contributed by atoms with E-state index in [-0.39, 0.29) is 35.9 Å². The number of aliphatic imine (C=N–C) groups is 1. The van der Waals surface area contributed by atoms with Gasteiger partial charge in [0.1, 0.15) is 17.1 Å². The maximum absolute atomic E-state index is 10.5. The van der Waals surface area contributed by atoms with Crippen molar-refractivity contribution in [1.82, 2.24) is 10.6 Å². The third-order valence-corrected chi connectivity index (χ3v) is 3.33. The van der Waals surface area contributed by atoms with Gasteiger partial charge in [0, 0.05) is 13.1 Å². The summed E-state index contributed by atoms with van der Waals surface area (Å²) in [6.45, 7) is 14.1. The van der Waals surface area contributed by atoms with Crippen LogP contribution >= 0.6 is 24.0 Å². The number of aliphatic hydroxyl groups is 1. The molecule has 5 nitrogen and oxygen atoms in total. The van der Waals surface area contributed by atoms with Crippen LogP contribution in [0.3, 0.4) is 0 Å². The molecule has 0 amide bonds. The summed E-state index contributed by atoms with van der Waals surface area (Å²) in [5.74, 6) is 2.05. The van der Waals surface area contributed by atoms with Crippen LogP contribution in [-0.4, -0.2) is 30.7 Å². The normalized spacial score (nSPS) is 14.8. The monoisotopic (exact) mass is 437 g/mol. The number of nitrogens with one attached hydrogen (secondary N) is 2. The molecule has 1 rings (SSSR count). The number of halogens is 1. The van der Waals surface area contributed by atoms with Crippen molar-refractivity contribution in [2.75, 3.05) is 19.6 Å². The SMILES string of the molecule is CCNC(=NCC(C)(O)c1ccc(C)o1)NCCC(C)(C)C.I. The molecule has 0 saturated heterocycles. The van der Waals surface area contributed by atoms with Gasteiger partial charge in [0.15, 0.2) is 5.96 Å². The first-order chi connectivity index (χ1) is 10.1. The minimum Gasteiger partial charge on any atom is -0.463 e. The Balaban J connectivity index is 0.00000484. The largest absolute Gasteiger partial charge is 0.463 e. The van der Waals surface area contributed by atoms with Crippen LogP contribution in [0, 0.1) is 12.3 Å². The Kier molecular flexibility index (Phi) is 9.20. The Bertz CT molecular complexity index is 490. The number of nitrogens with zero attached hydrogens (tertiary/aromatic N) is 1. The van der Waals surface area contributed by atoms with Crippen molar-refractivity contribution in [3.63, 3.8) is 0 Å². The summed E-state index contributed by atoms with van der Waals surface area (Å²) >= 11 is 0. The summed E-state index contributed by atoms with van der Waals surface area (Å²) in [6.07, 6.45) is 1.05. The number of rotatable bonds is 6. The summed E-state index contributed by atoms with van der Waals surface area (Å²) in [7, 11) is 0. The van der Waals surface area contributed by atoms with Crippen molar-refractivity contribution in [1.29, 1.82) is 0 Å². The molecule has 1 aromatic heterocycles. The molecule has 23 heavy (non-hydrogen) atoms. The van der Waals surface area contributed by atoms with E-state index in [4.69, 9.17) is 4.42 Å². The van der Waals surface area contributed by atoms with E-state index in [1.165, 1.54) is 0 Å². The molecule has 1 atom stereocenters. The topological polar surface area (TPSA) is 69.8 Å². The fourth-order valence-electron chi connectivity index (χ4n) is 1.93. The minimum atomic E-state index is -1.11. The van der Waals surface area contributed by atoms with Crippen molar-refractivity contribution in [3.8, 4) is 0 Å². The fraction of sp³-hybridized carbons (Fsp3) is 0.706. The second-order valence-corrected chi connectivity index (χ2v) is 7.12. The van der Waals surface area contributed by atoms with Gasteiger partial charge in [-0.3, -0.25) is 0 Å². The van der Waals surface area contributed by atoms with Gasteiger partial charge in [0.2, 0.25) is 0 Å². The van der Waals surface area contributed by atoms with E-state index in [1.807, 2.05) is 19.9 Å². The number of furan rings is 1. The summed E-state index contributed by atoms with van der Waals surface area (Å²) in [6, 6.07) is 3.64. The Morgan fingerprint density at radius 3 is 2.35 bits per heavy atom. The Hall–Kier alpha value is -0.760. The zero-order valence-electron chi connectivity index (χ0n) is 15.2. The van der Waals surface area contributed by atoms with Crippen LogP contribution in [0.5, 0.6) is 0 Å². The van der Waals surface area contributed by atoms with E-state index in [0.717, 1.165) is 31.2 Å². The average Bonchev–Trinajstić information content (AvgIpc) is 2.82. The van der Waals surface area contributed by atoms with Crippen LogP contribution in [0.15, 0.2) is 21.5 Å². The predicted molar refractivity (Wildman–Crippen MR) is 106 cm³/mol. The smallest absolute Gasteiger partial charge is 0.191 e. The highest BCUT2D eigenvalue weighted by molar-refractivity contribution is 14.0. The molecule has 0 aliphatic rings. The van der Waals surface area contributed by atoms with E-state index in [0.29, 0.717) is 5.76 Å². The first kappa shape index (κ1) is 22.2. The third kappa shape index (κ3) is 8.60. The van der Waals surface area contributed by atoms with Gasteiger partial charge in [0.25, 0.3) is 0 Å². The van der Waals surface area contributed by atoms with Crippen LogP contribution in [0.25, 0.3) is 0 Å². The van der Waals surface area contributed by atoms with Crippen LogP contribution in [0.1, 0.15) is 52.6 Å². The molecule has 0 radical (unpaired) electrons. The summed E-state index contributed by atoms with van der Waals surface area (Å²) in [4.78, 5) is 4.47.